The van der Waals surface area contributed by atoms with Crippen molar-refractivity contribution in [3.05, 3.63) is 74.8 Å². The molecule has 0 N–H and O–H groups in total. The summed E-state index contributed by atoms with van der Waals surface area (Å²) >= 11 is 5.92. The zero-order valence-corrected chi connectivity index (χ0v) is 15.1. The van der Waals surface area contributed by atoms with Gasteiger partial charge < -0.3 is 4.90 Å². The van der Waals surface area contributed by atoms with Gasteiger partial charge in [-0.15, -0.1) is 0 Å². The monoisotopic (exact) mass is 373 g/mol. The van der Waals surface area contributed by atoms with Gasteiger partial charge in [0.2, 0.25) is 0 Å². The number of amides is 1. The summed E-state index contributed by atoms with van der Waals surface area (Å²) in [6.45, 7) is 3.74. The smallest absolute Gasteiger partial charge is 0.270 e. The van der Waals surface area contributed by atoms with Gasteiger partial charge in [0.15, 0.2) is 0 Å². The van der Waals surface area contributed by atoms with E-state index in [1.54, 1.807) is 17.0 Å². The molecule has 0 saturated carbocycles. The highest BCUT2D eigenvalue weighted by Gasteiger charge is 2.21. The van der Waals surface area contributed by atoms with E-state index in [-0.39, 0.29) is 11.6 Å². The largest absolute Gasteiger partial charge is 0.337 e. The third-order valence-electron chi connectivity index (χ3n) is 4.50. The zero-order chi connectivity index (χ0) is 18.5. The van der Waals surface area contributed by atoms with E-state index < -0.39 is 4.92 Å². The summed E-state index contributed by atoms with van der Waals surface area (Å²) in [5.74, 6) is -0.151. The number of rotatable bonds is 4. The quantitative estimate of drug-likeness (QED) is 0.606. The molecule has 1 saturated heterocycles. The minimum Gasteiger partial charge on any atom is -0.337 e. The van der Waals surface area contributed by atoms with E-state index in [2.05, 4.69) is 4.90 Å². The number of carbonyl (C=O) groups is 1. The first kappa shape index (κ1) is 18.4. The molecule has 26 heavy (non-hydrogen) atoms. The van der Waals surface area contributed by atoms with E-state index in [1.807, 2.05) is 24.3 Å². The SMILES string of the molecule is O=C(c1cccc([N+](=O)[O-])c1)N1CCCN(Cc2ccc(Cl)cc2)CC1. The summed E-state index contributed by atoms with van der Waals surface area (Å²) in [5, 5.41) is 11.6. The lowest BCUT2D eigenvalue weighted by Gasteiger charge is -2.22. The average molecular weight is 374 g/mol. The van der Waals surface area contributed by atoms with E-state index in [1.165, 1.54) is 17.7 Å². The van der Waals surface area contributed by atoms with Crippen LogP contribution in [-0.4, -0.2) is 46.8 Å². The molecule has 0 unspecified atom stereocenters. The van der Waals surface area contributed by atoms with Crippen LogP contribution in [0.4, 0.5) is 5.69 Å². The number of carbonyl (C=O) groups excluding carboxylic acids is 1. The highest BCUT2D eigenvalue weighted by molar-refractivity contribution is 6.30. The lowest BCUT2D eigenvalue weighted by atomic mass is 10.1. The summed E-state index contributed by atoms with van der Waals surface area (Å²) in [7, 11) is 0. The van der Waals surface area contributed by atoms with Gasteiger partial charge in [0.05, 0.1) is 4.92 Å². The molecule has 6 nitrogen and oxygen atoms in total. The van der Waals surface area contributed by atoms with Crippen LogP contribution in [-0.2, 0) is 6.54 Å². The Labute approximate surface area is 157 Å². The minimum atomic E-state index is -0.479. The average Bonchev–Trinajstić information content (AvgIpc) is 2.89. The van der Waals surface area contributed by atoms with Crippen LogP contribution in [0, 0.1) is 10.1 Å². The van der Waals surface area contributed by atoms with Crippen molar-refractivity contribution in [2.75, 3.05) is 26.2 Å². The molecule has 0 aliphatic carbocycles. The lowest BCUT2D eigenvalue weighted by Crippen LogP contribution is -2.35. The second kappa shape index (κ2) is 8.29. The number of nitro benzene ring substituents is 1. The van der Waals surface area contributed by atoms with Gasteiger partial charge in [-0.25, -0.2) is 0 Å². The molecular weight excluding hydrogens is 354 g/mol. The fourth-order valence-electron chi connectivity index (χ4n) is 3.12. The maximum Gasteiger partial charge on any atom is 0.270 e. The molecule has 0 aromatic heterocycles. The fraction of sp³-hybridized carbons (Fsp3) is 0.316. The van der Waals surface area contributed by atoms with Crippen LogP contribution >= 0.6 is 11.6 Å². The summed E-state index contributed by atoms with van der Waals surface area (Å²) < 4.78 is 0. The van der Waals surface area contributed by atoms with Crippen LogP contribution in [0.1, 0.15) is 22.3 Å². The number of non-ortho nitro benzene ring substituents is 1. The van der Waals surface area contributed by atoms with Crippen molar-refractivity contribution < 1.29 is 9.72 Å². The first-order valence-corrected chi connectivity index (χ1v) is 8.91. The third kappa shape index (κ3) is 4.59. The Hall–Kier alpha value is -2.44. The van der Waals surface area contributed by atoms with E-state index in [0.717, 1.165) is 31.1 Å². The third-order valence-corrected chi connectivity index (χ3v) is 4.75. The normalized spacial score (nSPS) is 15.5. The topological polar surface area (TPSA) is 66.7 Å². The first-order chi connectivity index (χ1) is 12.5. The van der Waals surface area contributed by atoms with Gasteiger partial charge in [-0.1, -0.05) is 29.8 Å². The van der Waals surface area contributed by atoms with Crippen molar-refractivity contribution in [1.82, 2.24) is 9.80 Å². The molecule has 0 radical (unpaired) electrons. The zero-order valence-electron chi connectivity index (χ0n) is 14.3. The molecule has 7 heteroatoms. The van der Waals surface area contributed by atoms with Gasteiger partial charge in [-0.05, 0) is 30.2 Å². The highest BCUT2D eigenvalue weighted by atomic mass is 35.5. The maximum atomic E-state index is 12.7. The molecule has 1 heterocycles. The van der Waals surface area contributed by atoms with Crippen molar-refractivity contribution in [3.8, 4) is 0 Å². The number of nitrogens with zero attached hydrogens (tertiary/aromatic N) is 3. The summed E-state index contributed by atoms with van der Waals surface area (Å²) in [6.07, 6.45) is 0.869. The number of nitro groups is 1. The van der Waals surface area contributed by atoms with E-state index in [4.69, 9.17) is 11.6 Å². The van der Waals surface area contributed by atoms with Crippen LogP contribution in [0.3, 0.4) is 0 Å². The molecule has 1 fully saturated rings. The van der Waals surface area contributed by atoms with Crippen molar-refractivity contribution in [2.45, 2.75) is 13.0 Å². The molecular formula is C19H20ClN3O3. The van der Waals surface area contributed by atoms with Crippen molar-refractivity contribution >= 4 is 23.2 Å². The van der Waals surface area contributed by atoms with Gasteiger partial charge in [0.1, 0.15) is 0 Å². The number of halogens is 1. The maximum absolute atomic E-state index is 12.7. The Bertz CT molecular complexity index is 795. The fourth-order valence-corrected chi connectivity index (χ4v) is 3.24. The van der Waals surface area contributed by atoms with Gasteiger partial charge in [-0.3, -0.25) is 19.8 Å². The van der Waals surface area contributed by atoms with Gasteiger partial charge in [0, 0.05) is 55.4 Å². The van der Waals surface area contributed by atoms with Gasteiger partial charge in [-0.2, -0.15) is 0 Å². The second-order valence-electron chi connectivity index (χ2n) is 6.36. The highest BCUT2D eigenvalue weighted by Crippen LogP contribution is 2.17. The predicted octanol–water partition coefficient (Wildman–Crippen LogP) is 3.60. The van der Waals surface area contributed by atoms with Crippen molar-refractivity contribution in [3.63, 3.8) is 0 Å². The van der Waals surface area contributed by atoms with E-state index in [9.17, 15) is 14.9 Å². The summed E-state index contributed by atoms with van der Waals surface area (Å²) in [6, 6.07) is 13.7. The van der Waals surface area contributed by atoms with Gasteiger partial charge >= 0.3 is 0 Å². The van der Waals surface area contributed by atoms with Crippen LogP contribution < -0.4 is 0 Å². The lowest BCUT2D eigenvalue weighted by molar-refractivity contribution is -0.384. The van der Waals surface area contributed by atoms with Gasteiger partial charge in [0.25, 0.3) is 11.6 Å². The molecule has 1 aliphatic rings. The predicted molar refractivity (Wildman–Crippen MR) is 100 cm³/mol. The van der Waals surface area contributed by atoms with Crippen LogP contribution in [0.5, 0.6) is 0 Å². The summed E-state index contributed by atoms with van der Waals surface area (Å²) in [4.78, 5) is 27.2. The number of hydrogen-bond acceptors (Lipinski definition) is 4. The van der Waals surface area contributed by atoms with E-state index >= 15 is 0 Å². The molecule has 1 amide bonds. The van der Waals surface area contributed by atoms with Crippen LogP contribution in [0.2, 0.25) is 5.02 Å². The Morgan fingerprint density at radius 1 is 1.08 bits per heavy atom. The van der Waals surface area contributed by atoms with Crippen LogP contribution in [0.25, 0.3) is 0 Å². The number of benzene rings is 2. The second-order valence-corrected chi connectivity index (χ2v) is 6.79. The Kier molecular flexibility index (Phi) is 5.85. The molecule has 0 spiro atoms. The molecule has 2 aromatic carbocycles. The molecule has 1 aliphatic heterocycles. The van der Waals surface area contributed by atoms with Crippen molar-refractivity contribution in [1.29, 1.82) is 0 Å². The molecule has 2 aromatic rings. The minimum absolute atomic E-state index is 0.0602. The number of hydrogen-bond donors (Lipinski definition) is 0. The molecule has 0 bridgehead atoms. The standard InChI is InChI=1S/C19H20ClN3O3/c20-17-7-5-15(6-8-17)14-21-9-2-10-22(12-11-21)19(24)16-3-1-4-18(13-16)23(25)26/h1,3-8,13H,2,9-12,14H2. The Morgan fingerprint density at radius 3 is 2.58 bits per heavy atom. The first-order valence-electron chi connectivity index (χ1n) is 8.53. The van der Waals surface area contributed by atoms with Crippen molar-refractivity contribution in [2.24, 2.45) is 0 Å². The molecule has 3 rings (SSSR count). The Balaban J connectivity index is 1.62. The molecule has 136 valence electrons. The summed E-state index contributed by atoms with van der Waals surface area (Å²) in [5.41, 5.74) is 1.49. The Morgan fingerprint density at radius 2 is 1.85 bits per heavy atom. The van der Waals surface area contributed by atoms with Crippen LogP contribution in [0.15, 0.2) is 48.5 Å². The molecule has 0 atom stereocenters. The van der Waals surface area contributed by atoms with E-state index in [0.29, 0.717) is 18.7 Å².